The molecule has 2 radical (unpaired) electrons. The van der Waals surface area contributed by atoms with E-state index in [0.717, 1.165) is 23.1 Å². The van der Waals surface area contributed by atoms with Crippen molar-refractivity contribution < 1.29 is 19.2 Å². The van der Waals surface area contributed by atoms with Gasteiger partial charge in [0.25, 0.3) is 11.8 Å². The predicted octanol–water partition coefficient (Wildman–Crippen LogP) is 4.86. The molecule has 7 nitrogen and oxygen atoms in total. The third kappa shape index (κ3) is 7.20. The predicted molar refractivity (Wildman–Crippen MR) is 168 cm³/mol. The van der Waals surface area contributed by atoms with Gasteiger partial charge in [0.05, 0.1) is 20.6 Å². The Kier molecular flexibility index (Phi) is 9.67. The van der Waals surface area contributed by atoms with Crippen LogP contribution in [0.2, 0.25) is 6.04 Å². The van der Waals surface area contributed by atoms with E-state index in [9.17, 15) is 19.2 Å². The van der Waals surface area contributed by atoms with Crippen molar-refractivity contribution in [1.29, 1.82) is 0 Å². The number of hydrogen-bond acceptors (Lipinski definition) is 4. The van der Waals surface area contributed by atoms with Crippen molar-refractivity contribution in [2.24, 2.45) is 11.8 Å². The second-order valence-corrected chi connectivity index (χ2v) is 12.8. The summed E-state index contributed by atoms with van der Waals surface area (Å²) in [5.41, 5.74) is 5.25. The van der Waals surface area contributed by atoms with Crippen molar-refractivity contribution in [3.63, 3.8) is 0 Å². The van der Waals surface area contributed by atoms with Crippen LogP contribution in [0.4, 0.5) is 0 Å². The molecule has 0 saturated carbocycles. The van der Waals surface area contributed by atoms with Crippen LogP contribution in [-0.2, 0) is 22.6 Å². The molecular weight excluding hydrogens is 554 g/mol. The first-order chi connectivity index (χ1) is 20.8. The highest BCUT2D eigenvalue weighted by molar-refractivity contribution is 6.38. The Hall–Kier alpha value is -4.30. The van der Waals surface area contributed by atoms with Gasteiger partial charge in [-0.05, 0) is 59.2 Å². The van der Waals surface area contributed by atoms with Gasteiger partial charge in [0.15, 0.2) is 0 Å². The van der Waals surface area contributed by atoms with Crippen LogP contribution < -0.4 is 10.6 Å². The zero-order valence-corrected chi connectivity index (χ0v) is 25.6. The summed E-state index contributed by atoms with van der Waals surface area (Å²) in [7, 11) is 0.205. The standard InChI is InChI=1S/C35H37N3O4Si/c1-23(2)18-27(21-43-22-38-34(41)29-14-8-9-15-30(29)35(38)42)32(39)37-31(33(40)36-20-24-10-4-3-5-11-24)19-26-17-16-25-12-6-7-13-28(25)26/h3-15,17,23,27,31H,16,18-22H2,1-2H3,(H,36,40)(H,37,39)/t27-,31+/m1/s1. The quantitative estimate of drug-likeness (QED) is 0.219. The lowest BCUT2D eigenvalue weighted by atomic mass is 9.96. The molecule has 2 N–H and O–H groups in total. The van der Waals surface area contributed by atoms with Crippen LogP contribution in [0.5, 0.6) is 0 Å². The smallest absolute Gasteiger partial charge is 0.261 e. The number of fused-ring (bicyclic) bond motifs is 2. The highest BCUT2D eigenvalue weighted by atomic mass is 28.2. The van der Waals surface area contributed by atoms with E-state index in [2.05, 4.69) is 42.7 Å². The SMILES string of the molecule is CC(C)C[C@H](C[Si]CN1C(=O)c2ccccc2C1=O)C(=O)N[C@@H](CC1=CCc2ccccc21)C(=O)NCc1ccccc1. The van der Waals surface area contributed by atoms with Crippen molar-refractivity contribution in [3.05, 3.63) is 113 Å². The van der Waals surface area contributed by atoms with Crippen LogP contribution in [0.15, 0.2) is 84.9 Å². The normalized spacial score (nSPS) is 15.1. The van der Waals surface area contributed by atoms with Gasteiger partial charge in [-0.1, -0.05) is 86.7 Å². The van der Waals surface area contributed by atoms with Crippen LogP contribution in [0.1, 0.15) is 64.1 Å². The highest BCUT2D eigenvalue weighted by Gasteiger charge is 2.35. The number of imide groups is 1. The molecular formula is C35H37N3O4Si. The first kappa shape index (κ1) is 30.2. The van der Waals surface area contributed by atoms with Crippen molar-refractivity contribution in [2.75, 3.05) is 6.17 Å². The van der Waals surface area contributed by atoms with Crippen molar-refractivity contribution in [1.82, 2.24) is 15.5 Å². The summed E-state index contributed by atoms with van der Waals surface area (Å²) >= 11 is 0. The van der Waals surface area contributed by atoms with Gasteiger partial charge in [-0.2, -0.15) is 0 Å². The van der Waals surface area contributed by atoms with E-state index in [0.29, 0.717) is 36.6 Å². The molecule has 0 unspecified atom stereocenters. The van der Waals surface area contributed by atoms with Gasteiger partial charge in [-0.3, -0.25) is 24.1 Å². The van der Waals surface area contributed by atoms with E-state index < -0.39 is 6.04 Å². The molecule has 1 aliphatic carbocycles. The van der Waals surface area contributed by atoms with Gasteiger partial charge < -0.3 is 10.6 Å². The molecule has 3 aromatic rings. The van der Waals surface area contributed by atoms with Gasteiger partial charge in [0, 0.05) is 25.1 Å². The average molecular weight is 592 g/mol. The van der Waals surface area contributed by atoms with Gasteiger partial charge in [0.1, 0.15) is 6.04 Å². The van der Waals surface area contributed by atoms with E-state index >= 15 is 0 Å². The van der Waals surface area contributed by atoms with Gasteiger partial charge in [-0.25, -0.2) is 0 Å². The molecule has 0 aromatic heterocycles. The lowest BCUT2D eigenvalue weighted by Gasteiger charge is -2.24. The molecule has 0 saturated heterocycles. The zero-order valence-electron chi connectivity index (χ0n) is 24.6. The number of benzene rings is 3. The van der Waals surface area contributed by atoms with Crippen molar-refractivity contribution >= 4 is 38.7 Å². The second-order valence-electron chi connectivity index (χ2n) is 11.6. The molecule has 220 valence electrons. The van der Waals surface area contributed by atoms with E-state index in [1.165, 1.54) is 10.5 Å². The number of carbonyl (C=O) groups is 4. The molecule has 1 aliphatic heterocycles. The highest BCUT2D eigenvalue weighted by Crippen LogP contribution is 2.31. The Morgan fingerprint density at radius 3 is 2.14 bits per heavy atom. The lowest BCUT2D eigenvalue weighted by molar-refractivity contribution is -0.131. The summed E-state index contributed by atoms with van der Waals surface area (Å²) < 4.78 is 0. The Labute approximate surface area is 255 Å². The lowest BCUT2D eigenvalue weighted by Crippen LogP contribution is -2.48. The summed E-state index contributed by atoms with van der Waals surface area (Å²) in [6, 6.07) is 24.5. The maximum Gasteiger partial charge on any atom is 0.261 e. The summed E-state index contributed by atoms with van der Waals surface area (Å²) in [4.78, 5) is 54.2. The third-order valence-electron chi connectivity index (χ3n) is 7.96. The number of nitrogens with zero attached hydrogens (tertiary/aromatic N) is 1. The van der Waals surface area contributed by atoms with E-state index in [-0.39, 0.29) is 51.2 Å². The minimum Gasteiger partial charge on any atom is -0.350 e. The maximum absolute atomic E-state index is 13.8. The van der Waals surface area contributed by atoms with Crippen LogP contribution in [-0.4, -0.2) is 50.3 Å². The largest absolute Gasteiger partial charge is 0.350 e. The first-order valence-corrected chi connectivity index (χ1v) is 16.3. The molecule has 0 spiro atoms. The van der Waals surface area contributed by atoms with Gasteiger partial charge in [0.2, 0.25) is 11.8 Å². The van der Waals surface area contributed by atoms with Crippen LogP contribution in [0, 0.1) is 11.8 Å². The molecule has 5 rings (SSSR count). The van der Waals surface area contributed by atoms with Crippen molar-refractivity contribution in [3.8, 4) is 0 Å². The number of allylic oxidation sites excluding steroid dienone is 1. The summed E-state index contributed by atoms with van der Waals surface area (Å²) in [5.74, 6) is -1.04. The molecule has 2 aliphatic rings. The van der Waals surface area contributed by atoms with Crippen LogP contribution in [0.25, 0.3) is 5.57 Å². The number of nitrogens with one attached hydrogen (secondary N) is 2. The van der Waals surface area contributed by atoms with E-state index in [4.69, 9.17) is 0 Å². The van der Waals surface area contributed by atoms with Gasteiger partial charge >= 0.3 is 0 Å². The monoisotopic (exact) mass is 591 g/mol. The Balaban J connectivity index is 1.26. The summed E-state index contributed by atoms with van der Waals surface area (Å²) in [5, 5.41) is 6.11. The third-order valence-corrected chi connectivity index (χ3v) is 9.29. The Morgan fingerprint density at radius 1 is 0.837 bits per heavy atom. The number of amides is 4. The number of hydrogen-bond donors (Lipinski definition) is 2. The topological polar surface area (TPSA) is 95.6 Å². The second kappa shape index (κ2) is 13.8. The van der Waals surface area contributed by atoms with Crippen LogP contribution in [0.3, 0.4) is 0 Å². The minimum atomic E-state index is -0.733. The molecule has 2 atom stereocenters. The average Bonchev–Trinajstić information content (AvgIpc) is 3.53. The fraction of sp³-hybridized carbons (Fsp3) is 0.314. The maximum atomic E-state index is 13.8. The summed E-state index contributed by atoms with van der Waals surface area (Å²) in [6.07, 6.45) is 4.27. The zero-order chi connectivity index (χ0) is 30.3. The fourth-order valence-corrected chi connectivity index (χ4v) is 7.10. The Bertz CT molecular complexity index is 1500. The van der Waals surface area contributed by atoms with Crippen LogP contribution >= 0.6 is 0 Å². The molecule has 8 heteroatoms. The van der Waals surface area contributed by atoms with E-state index in [1.54, 1.807) is 24.3 Å². The minimum absolute atomic E-state index is 0.171. The first-order valence-electron chi connectivity index (χ1n) is 14.9. The van der Waals surface area contributed by atoms with Gasteiger partial charge in [-0.15, -0.1) is 0 Å². The van der Waals surface area contributed by atoms with Crippen molar-refractivity contribution in [2.45, 2.75) is 51.7 Å². The molecule has 0 fully saturated rings. The molecule has 0 bridgehead atoms. The molecule has 43 heavy (non-hydrogen) atoms. The summed E-state index contributed by atoms with van der Waals surface area (Å²) in [6.45, 7) is 4.51. The Morgan fingerprint density at radius 2 is 1.47 bits per heavy atom. The number of carbonyl (C=O) groups excluding carboxylic acids is 4. The molecule has 4 amide bonds. The number of rotatable bonds is 13. The molecule has 1 heterocycles. The fourth-order valence-electron chi connectivity index (χ4n) is 5.76. The van der Waals surface area contributed by atoms with E-state index in [1.807, 2.05) is 42.5 Å². The molecule has 3 aromatic carbocycles.